The molecule has 26 heavy (non-hydrogen) atoms. The minimum Gasteiger partial charge on any atom is -0.383 e. The highest BCUT2D eigenvalue weighted by atomic mass is 16.6. The van der Waals surface area contributed by atoms with Crippen LogP contribution in [-0.2, 0) is 4.74 Å². The number of nitrogens with zero attached hydrogens (tertiary/aromatic N) is 3. The Hall–Kier alpha value is -3.26. The second-order valence-corrected chi connectivity index (χ2v) is 5.70. The van der Waals surface area contributed by atoms with E-state index in [1.54, 1.807) is 19.2 Å². The van der Waals surface area contributed by atoms with Gasteiger partial charge in [-0.3, -0.25) is 10.1 Å². The van der Waals surface area contributed by atoms with Gasteiger partial charge in [0.1, 0.15) is 5.69 Å². The second-order valence-electron chi connectivity index (χ2n) is 5.70. The summed E-state index contributed by atoms with van der Waals surface area (Å²) in [4.78, 5) is 15.3. The van der Waals surface area contributed by atoms with Gasteiger partial charge in [0.25, 0.3) is 11.6 Å². The average molecular weight is 354 g/mol. The lowest BCUT2D eigenvalue weighted by Gasteiger charge is -2.07. The van der Waals surface area contributed by atoms with Crippen LogP contribution < -0.4 is 5.32 Å². The Balaban J connectivity index is 1.90. The van der Waals surface area contributed by atoms with E-state index in [1.165, 1.54) is 6.07 Å². The molecule has 134 valence electrons. The maximum atomic E-state index is 11.4. The Morgan fingerprint density at radius 2 is 2.08 bits per heavy atom. The van der Waals surface area contributed by atoms with E-state index in [2.05, 4.69) is 15.5 Å². The summed E-state index contributed by atoms with van der Waals surface area (Å²) in [5.41, 5.74) is 2.74. The number of nitrogens with one attached hydrogen (secondary N) is 1. The minimum atomic E-state index is -0.448. The third-order valence-corrected chi connectivity index (χ3v) is 3.77. The van der Waals surface area contributed by atoms with Gasteiger partial charge in [-0.15, -0.1) is 0 Å². The smallest absolute Gasteiger partial charge is 0.293 e. The Morgan fingerprint density at radius 3 is 2.81 bits per heavy atom. The van der Waals surface area contributed by atoms with E-state index in [-0.39, 0.29) is 11.6 Å². The first-order valence-electron chi connectivity index (χ1n) is 8.01. The topological polar surface area (TPSA) is 103 Å². The summed E-state index contributed by atoms with van der Waals surface area (Å²) < 4.78 is 10.2. The van der Waals surface area contributed by atoms with Crippen molar-refractivity contribution in [2.75, 3.05) is 25.6 Å². The number of aryl methyl sites for hydroxylation is 1. The maximum Gasteiger partial charge on any atom is 0.293 e. The van der Waals surface area contributed by atoms with Crippen LogP contribution in [0.3, 0.4) is 0 Å². The molecule has 0 atom stereocenters. The summed E-state index contributed by atoms with van der Waals surface area (Å²) in [6.07, 6.45) is 0. The highest BCUT2D eigenvalue weighted by Gasteiger charge is 2.18. The fourth-order valence-corrected chi connectivity index (χ4v) is 2.50. The highest BCUT2D eigenvalue weighted by Crippen LogP contribution is 2.31. The summed E-state index contributed by atoms with van der Waals surface area (Å²) in [5.74, 6) is 0.668. The molecule has 1 heterocycles. The minimum absolute atomic E-state index is 0.0612. The molecule has 1 N–H and O–H groups in total. The summed E-state index contributed by atoms with van der Waals surface area (Å²) in [7, 11) is 1.57. The first-order chi connectivity index (χ1) is 12.6. The van der Waals surface area contributed by atoms with Gasteiger partial charge in [0, 0.05) is 30.8 Å². The number of ether oxygens (including phenoxy) is 1. The third-order valence-electron chi connectivity index (χ3n) is 3.77. The molecule has 2 aromatic carbocycles. The SMILES string of the molecule is COCCNc1ccc(-c2nc(-c3cccc(C)c3)no2)cc1[N+](=O)[O-]. The number of methoxy groups -OCH3 is 1. The van der Waals surface area contributed by atoms with Gasteiger partial charge in [-0.2, -0.15) is 4.98 Å². The van der Waals surface area contributed by atoms with Gasteiger partial charge in [0.2, 0.25) is 5.82 Å². The zero-order chi connectivity index (χ0) is 18.5. The fourth-order valence-electron chi connectivity index (χ4n) is 2.50. The number of anilines is 1. The molecule has 0 spiro atoms. The molecular formula is C18H18N4O4. The number of nitro groups is 1. The van der Waals surface area contributed by atoms with Crippen LogP contribution in [0.2, 0.25) is 0 Å². The van der Waals surface area contributed by atoms with Crippen molar-refractivity contribution >= 4 is 11.4 Å². The molecule has 8 heteroatoms. The van der Waals surface area contributed by atoms with Gasteiger partial charge >= 0.3 is 0 Å². The van der Waals surface area contributed by atoms with Gasteiger partial charge in [-0.25, -0.2) is 0 Å². The van der Waals surface area contributed by atoms with Crippen molar-refractivity contribution in [1.82, 2.24) is 10.1 Å². The van der Waals surface area contributed by atoms with Crippen molar-refractivity contribution in [3.63, 3.8) is 0 Å². The molecule has 0 saturated carbocycles. The molecule has 3 rings (SSSR count). The lowest BCUT2D eigenvalue weighted by atomic mass is 10.1. The Labute approximate surface area is 150 Å². The summed E-state index contributed by atoms with van der Waals surface area (Å²) in [6.45, 7) is 2.89. The number of benzene rings is 2. The van der Waals surface area contributed by atoms with E-state index in [9.17, 15) is 10.1 Å². The summed E-state index contributed by atoms with van der Waals surface area (Å²) in [5, 5.41) is 18.3. The molecule has 0 bridgehead atoms. The Bertz CT molecular complexity index is 923. The molecule has 3 aromatic rings. The summed E-state index contributed by atoms with van der Waals surface area (Å²) >= 11 is 0. The molecule has 0 radical (unpaired) electrons. The van der Waals surface area contributed by atoms with E-state index in [0.29, 0.717) is 30.2 Å². The van der Waals surface area contributed by atoms with Crippen LogP contribution in [0.4, 0.5) is 11.4 Å². The van der Waals surface area contributed by atoms with Crippen LogP contribution in [0.1, 0.15) is 5.56 Å². The zero-order valence-corrected chi connectivity index (χ0v) is 14.4. The van der Waals surface area contributed by atoms with Crippen LogP contribution in [0.5, 0.6) is 0 Å². The lowest BCUT2D eigenvalue weighted by molar-refractivity contribution is -0.383. The highest BCUT2D eigenvalue weighted by molar-refractivity contribution is 5.70. The zero-order valence-electron chi connectivity index (χ0n) is 14.4. The molecule has 8 nitrogen and oxygen atoms in total. The molecule has 0 aliphatic heterocycles. The lowest BCUT2D eigenvalue weighted by Crippen LogP contribution is -2.09. The van der Waals surface area contributed by atoms with Crippen LogP contribution in [0, 0.1) is 17.0 Å². The Morgan fingerprint density at radius 1 is 1.23 bits per heavy atom. The monoisotopic (exact) mass is 354 g/mol. The second kappa shape index (κ2) is 7.75. The van der Waals surface area contributed by atoms with Crippen LogP contribution in [0.15, 0.2) is 47.0 Å². The van der Waals surface area contributed by atoms with Crippen molar-refractivity contribution in [2.45, 2.75) is 6.92 Å². The number of hydrogen-bond acceptors (Lipinski definition) is 7. The predicted octanol–water partition coefficient (Wildman–Crippen LogP) is 3.68. The normalized spacial score (nSPS) is 10.7. The maximum absolute atomic E-state index is 11.4. The number of aromatic nitrogens is 2. The number of hydrogen-bond donors (Lipinski definition) is 1. The summed E-state index contributed by atoms with van der Waals surface area (Å²) in [6, 6.07) is 12.5. The molecular weight excluding hydrogens is 336 g/mol. The average Bonchev–Trinajstić information content (AvgIpc) is 3.12. The quantitative estimate of drug-likeness (QED) is 0.392. The first kappa shape index (κ1) is 17.6. The number of rotatable bonds is 7. The Kier molecular flexibility index (Phi) is 5.23. The van der Waals surface area contributed by atoms with Crippen LogP contribution in [0.25, 0.3) is 22.8 Å². The van der Waals surface area contributed by atoms with Crippen LogP contribution >= 0.6 is 0 Å². The molecule has 0 aliphatic carbocycles. The molecule has 0 aliphatic rings. The third kappa shape index (κ3) is 3.86. The van der Waals surface area contributed by atoms with E-state index in [4.69, 9.17) is 9.26 Å². The first-order valence-corrected chi connectivity index (χ1v) is 8.01. The van der Waals surface area contributed by atoms with Gasteiger partial charge in [0.05, 0.1) is 11.5 Å². The van der Waals surface area contributed by atoms with E-state index >= 15 is 0 Å². The fraction of sp³-hybridized carbons (Fsp3) is 0.222. The van der Waals surface area contributed by atoms with Crippen molar-refractivity contribution in [3.05, 3.63) is 58.1 Å². The van der Waals surface area contributed by atoms with E-state index in [0.717, 1.165) is 11.1 Å². The largest absolute Gasteiger partial charge is 0.383 e. The van der Waals surface area contributed by atoms with Crippen molar-refractivity contribution in [3.8, 4) is 22.8 Å². The predicted molar refractivity (Wildman–Crippen MR) is 96.9 cm³/mol. The van der Waals surface area contributed by atoms with Crippen molar-refractivity contribution in [1.29, 1.82) is 0 Å². The molecule has 0 amide bonds. The van der Waals surface area contributed by atoms with Gasteiger partial charge < -0.3 is 14.6 Å². The van der Waals surface area contributed by atoms with Crippen molar-refractivity contribution < 1.29 is 14.2 Å². The molecule has 0 fully saturated rings. The van der Waals surface area contributed by atoms with E-state index in [1.807, 2.05) is 31.2 Å². The van der Waals surface area contributed by atoms with Gasteiger partial charge in [-0.05, 0) is 25.1 Å². The van der Waals surface area contributed by atoms with Crippen LogP contribution in [-0.4, -0.2) is 35.3 Å². The molecule has 0 unspecified atom stereocenters. The van der Waals surface area contributed by atoms with Crippen molar-refractivity contribution in [2.24, 2.45) is 0 Å². The van der Waals surface area contributed by atoms with E-state index < -0.39 is 4.92 Å². The molecule has 0 saturated heterocycles. The molecule has 1 aromatic heterocycles. The number of nitro benzene ring substituents is 1. The van der Waals surface area contributed by atoms with Gasteiger partial charge in [-0.1, -0.05) is 28.9 Å². The van der Waals surface area contributed by atoms with Gasteiger partial charge in [0.15, 0.2) is 0 Å². The standard InChI is InChI=1S/C18H18N4O4/c1-12-4-3-5-13(10-12)17-20-18(26-21-17)14-6-7-15(19-8-9-25-2)16(11-14)22(23)24/h3-7,10-11,19H,8-9H2,1-2H3.